The van der Waals surface area contributed by atoms with Crippen molar-refractivity contribution in [3.63, 3.8) is 0 Å². The fraction of sp³-hybridized carbons (Fsp3) is 0.222. The Bertz CT molecular complexity index is 777. The van der Waals surface area contributed by atoms with Crippen molar-refractivity contribution in [3.05, 3.63) is 59.4 Å². The molecular weight excluding hydrogens is 311 g/mol. The molecule has 0 spiro atoms. The number of carbonyl (C=O) groups is 2. The van der Waals surface area contributed by atoms with Crippen molar-refractivity contribution in [1.82, 2.24) is 5.32 Å². The number of nitrogens with one attached hydrogen (secondary N) is 2. The van der Waals surface area contributed by atoms with Gasteiger partial charge in [0.2, 0.25) is 5.91 Å². The number of ether oxygens (including phenoxy) is 1. The lowest BCUT2D eigenvalue weighted by atomic mass is 10.1. The molecule has 2 amide bonds. The van der Waals surface area contributed by atoms with Gasteiger partial charge in [-0.3, -0.25) is 9.59 Å². The van der Waals surface area contributed by atoms with Crippen LogP contribution >= 0.6 is 0 Å². The maximum absolute atomic E-state index is 13.4. The van der Waals surface area contributed by atoms with Gasteiger partial charge in [0.05, 0.1) is 6.42 Å². The van der Waals surface area contributed by atoms with Crippen molar-refractivity contribution in [2.75, 3.05) is 18.5 Å². The zero-order chi connectivity index (χ0) is 16.9. The van der Waals surface area contributed by atoms with Crippen LogP contribution in [0.3, 0.4) is 0 Å². The van der Waals surface area contributed by atoms with Crippen molar-refractivity contribution >= 4 is 17.5 Å². The van der Waals surface area contributed by atoms with E-state index in [1.807, 2.05) is 18.2 Å². The minimum atomic E-state index is -0.494. The van der Waals surface area contributed by atoms with Crippen LogP contribution < -0.4 is 15.4 Å². The van der Waals surface area contributed by atoms with Gasteiger partial charge >= 0.3 is 0 Å². The van der Waals surface area contributed by atoms with Crippen LogP contribution in [0.2, 0.25) is 0 Å². The van der Waals surface area contributed by atoms with Crippen molar-refractivity contribution in [2.45, 2.75) is 12.8 Å². The molecule has 3 rings (SSSR count). The summed E-state index contributed by atoms with van der Waals surface area (Å²) in [7, 11) is 0. The zero-order valence-electron chi connectivity index (χ0n) is 13.0. The summed E-state index contributed by atoms with van der Waals surface area (Å²) in [5, 5.41) is 5.51. The Morgan fingerprint density at radius 1 is 1.25 bits per heavy atom. The first-order chi connectivity index (χ1) is 11.6. The largest absolute Gasteiger partial charge is 0.481 e. The van der Waals surface area contributed by atoms with Gasteiger partial charge in [-0.05, 0) is 35.7 Å². The number of benzene rings is 2. The van der Waals surface area contributed by atoms with Crippen LogP contribution in [-0.4, -0.2) is 25.0 Å². The second-order valence-electron chi connectivity index (χ2n) is 5.54. The molecule has 0 aliphatic carbocycles. The molecule has 0 radical (unpaired) electrons. The highest BCUT2D eigenvalue weighted by Gasteiger charge is 2.17. The first-order valence-electron chi connectivity index (χ1n) is 7.67. The van der Waals surface area contributed by atoms with Gasteiger partial charge in [-0.15, -0.1) is 0 Å². The third-order valence-electron chi connectivity index (χ3n) is 3.73. The van der Waals surface area contributed by atoms with E-state index >= 15 is 0 Å². The van der Waals surface area contributed by atoms with Crippen LogP contribution in [0.4, 0.5) is 10.1 Å². The molecule has 1 heterocycles. The average Bonchev–Trinajstić information content (AvgIpc) is 2.93. The number of amides is 2. The Hall–Kier alpha value is -2.89. The molecular formula is C18H17FN2O3. The molecule has 0 unspecified atom stereocenters. The number of halogens is 1. The van der Waals surface area contributed by atoms with Crippen LogP contribution in [-0.2, 0) is 22.4 Å². The summed E-state index contributed by atoms with van der Waals surface area (Å²) in [4.78, 5) is 23.1. The molecule has 5 nitrogen and oxygen atoms in total. The smallest absolute Gasteiger partial charge is 0.257 e. The SMILES string of the molecule is O=C(COc1ccccc1F)NCCc1ccc2c(c1)CC(=O)N2. The Balaban J connectivity index is 1.43. The molecule has 0 bridgehead atoms. The van der Waals surface area contributed by atoms with E-state index in [0.717, 1.165) is 16.8 Å². The molecule has 6 heteroatoms. The van der Waals surface area contributed by atoms with Crippen LogP contribution in [0.25, 0.3) is 0 Å². The minimum absolute atomic E-state index is 0.000690. The molecule has 0 fully saturated rings. The third kappa shape index (κ3) is 3.90. The quantitative estimate of drug-likeness (QED) is 0.853. The Morgan fingerprint density at radius 3 is 2.92 bits per heavy atom. The van der Waals surface area contributed by atoms with Crippen molar-refractivity contribution in [3.8, 4) is 5.75 Å². The maximum atomic E-state index is 13.4. The third-order valence-corrected chi connectivity index (χ3v) is 3.73. The number of fused-ring (bicyclic) bond motifs is 1. The molecule has 0 saturated heterocycles. The van der Waals surface area contributed by atoms with E-state index in [2.05, 4.69) is 10.6 Å². The first kappa shape index (κ1) is 16.0. The monoisotopic (exact) mass is 328 g/mol. The standard InChI is InChI=1S/C18H17FN2O3/c19-14-3-1-2-4-16(14)24-11-18(23)20-8-7-12-5-6-15-13(9-12)10-17(22)21-15/h1-6,9H,7-8,10-11H2,(H,20,23)(H,21,22). The summed E-state index contributed by atoms with van der Waals surface area (Å²) in [6.45, 7) is 0.211. The lowest BCUT2D eigenvalue weighted by Crippen LogP contribution is -2.30. The molecule has 2 aromatic carbocycles. The van der Waals surface area contributed by atoms with Crippen molar-refractivity contribution in [1.29, 1.82) is 0 Å². The molecule has 2 aromatic rings. The Labute approximate surface area is 138 Å². The zero-order valence-corrected chi connectivity index (χ0v) is 13.0. The number of para-hydroxylation sites is 1. The highest BCUT2D eigenvalue weighted by Crippen LogP contribution is 2.23. The molecule has 1 aliphatic rings. The lowest BCUT2D eigenvalue weighted by Gasteiger charge is -2.08. The molecule has 2 N–H and O–H groups in total. The van der Waals surface area contributed by atoms with E-state index in [9.17, 15) is 14.0 Å². The predicted octanol–water partition coefficient (Wildman–Crippen LogP) is 2.06. The average molecular weight is 328 g/mol. The summed E-state index contributed by atoms with van der Waals surface area (Å²) in [6, 6.07) is 11.7. The first-order valence-corrected chi connectivity index (χ1v) is 7.67. The van der Waals surface area contributed by atoms with E-state index in [4.69, 9.17) is 4.74 Å². The fourth-order valence-corrected chi connectivity index (χ4v) is 2.54. The topological polar surface area (TPSA) is 67.4 Å². The summed E-state index contributed by atoms with van der Waals surface area (Å²) in [6.07, 6.45) is 1.04. The van der Waals surface area contributed by atoms with Gasteiger partial charge in [-0.1, -0.05) is 24.3 Å². The minimum Gasteiger partial charge on any atom is -0.481 e. The summed E-state index contributed by atoms with van der Waals surface area (Å²) < 4.78 is 18.5. The molecule has 0 saturated carbocycles. The van der Waals surface area contributed by atoms with Gasteiger partial charge in [0.1, 0.15) is 0 Å². The van der Waals surface area contributed by atoms with E-state index in [-0.39, 0.29) is 24.2 Å². The number of hydrogen-bond acceptors (Lipinski definition) is 3. The number of anilines is 1. The number of hydrogen-bond donors (Lipinski definition) is 2. The normalized spacial score (nSPS) is 12.5. The van der Waals surface area contributed by atoms with Crippen LogP contribution in [0.5, 0.6) is 5.75 Å². The maximum Gasteiger partial charge on any atom is 0.257 e. The number of carbonyl (C=O) groups excluding carboxylic acids is 2. The van der Waals surface area contributed by atoms with Crippen molar-refractivity contribution < 1.29 is 18.7 Å². The molecule has 24 heavy (non-hydrogen) atoms. The predicted molar refractivity (Wildman–Crippen MR) is 87.4 cm³/mol. The lowest BCUT2D eigenvalue weighted by molar-refractivity contribution is -0.123. The fourth-order valence-electron chi connectivity index (χ4n) is 2.54. The summed E-state index contributed by atoms with van der Waals surface area (Å²) in [5.74, 6) is -0.743. The highest BCUT2D eigenvalue weighted by molar-refractivity contribution is 5.99. The van der Waals surface area contributed by atoms with Gasteiger partial charge in [-0.2, -0.15) is 0 Å². The molecule has 124 valence electrons. The van der Waals surface area contributed by atoms with Gasteiger partial charge in [-0.25, -0.2) is 4.39 Å². The second kappa shape index (κ2) is 7.12. The number of rotatable bonds is 6. The van der Waals surface area contributed by atoms with Gasteiger partial charge in [0.25, 0.3) is 5.91 Å². The summed E-state index contributed by atoms with van der Waals surface area (Å²) >= 11 is 0. The van der Waals surface area contributed by atoms with Crippen LogP contribution in [0, 0.1) is 5.82 Å². The van der Waals surface area contributed by atoms with Gasteiger partial charge < -0.3 is 15.4 Å². The Morgan fingerprint density at radius 2 is 2.08 bits per heavy atom. The van der Waals surface area contributed by atoms with E-state index in [1.165, 1.54) is 12.1 Å². The van der Waals surface area contributed by atoms with E-state index < -0.39 is 5.82 Å². The summed E-state index contributed by atoms with van der Waals surface area (Å²) in [5.41, 5.74) is 2.87. The van der Waals surface area contributed by atoms with Gasteiger partial charge in [0, 0.05) is 12.2 Å². The second-order valence-corrected chi connectivity index (χ2v) is 5.54. The molecule has 0 atom stereocenters. The van der Waals surface area contributed by atoms with Gasteiger partial charge in [0.15, 0.2) is 18.2 Å². The Kier molecular flexibility index (Phi) is 4.74. The van der Waals surface area contributed by atoms with E-state index in [1.54, 1.807) is 12.1 Å². The molecule has 1 aliphatic heterocycles. The highest BCUT2D eigenvalue weighted by atomic mass is 19.1. The van der Waals surface area contributed by atoms with Crippen LogP contribution in [0.15, 0.2) is 42.5 Å². The van der Waals surface area contributed by atoms with Crippen molar-refractivity contribution in [2.24, 2.45) is 0 Å². The van der Waals surface area contributed by atoms with Crippen LogP contribution in [0.1, 0.15) is 11.1 Å². The van der Waals surface area contributed by atoms with E-state index in [0.29, 0.717) is 19.4 Å². The molecule has 0 aromatic heterocycles.